The molecule has 1 aliphatic rings. The highest BCUT2D eigenvalue weighted by Gasteiger charge is 2.17. The van der Waals surface area contributed by atoms with Crippen molar-refractivity contribution in [3.05, 3.63) is 99.0 Å². The van der Waals surface area contributed by atoms with Crippen LogP contribution in [0.4, 0.5) is 5.69 Å². The molecule has 1 N–H and O–H groups in total. The minimum Gasteiger partial charge on any atom is -0.322 e. The van der Waals surface area contributed by atoms with E-state index in [0.717, 1.165) is 36.1 Å². The molecule has 0 atom stereocenters. The number of anilines is 1. The minimum absolute atomic E-state index is 0.148. The number of hydrogen-bond acceptors (Lipinski definition) is 3. The first kappa shape index (κ1) is 19.4. The molecule has 0 bridgehead atoms. The summed E-state index contributed by atoms with van der Waals surface area (Å²) in [6.07, 6.45) is 1.04. The summed E-state index contributed by atoms with van der Waals surface area (Å²) in [4.78, 5) is 15.0. The first-order valence-electron chi connectivity index (χ1n) is 9.51. The third-order valence-electron chi connectivity index (χ3n) is 5.13. The molecule has 4 nitrogen and oxygen atoms in total. The second-order valence-corrected chi connectivity index (χ2v) is 8.13. The van der Waals surface area contributed by atoms with Crippen molar-refractivity contribution in [2.45, 2.75) is 19.5 Å². The van der Waals surface area contributed by atoms with E-state index in [1.807, 2.05) is 18.2 Å². The Balaban J connectivity index is 1.42. The van der Waals surface area contributed by atoms with Crippen LogP contribution in [-0.2, 0) is 19.5 Å². The third-order valence-corrected chi connectivity index (χ3v) is 5.62. The molecular weight excluding hydrogens is 426 g/mol. The number of nitrogens with zero attached hydrogens (tertiary/aromatic N) is 2. The van der Waals surface area contributed by atoms with E-state index >= 15 is 0 Å². The molecule has 0 unspecified atom stereocenters. The lowest BCUT2D eigenvalue weighted by molar-refractivity contribution is 0.102. The van der Waals surface area contributed by atoms with Crippen LogP contribution in [0, 0.1) is 11.3 Å². The van der Waals surface area contributed by atoms with Gasteiger partial charge in [-0.1, -0.05) is 34.1 Å². The predicted molar refractivity (Wildman–Crippen MR) is 118 cm³/mol. The summed E-state index contributed by atoms with van der Waals surface area (Å²) in [7, 11) is 0. The molecule has 1 heterocycles. The number of hydrogen-bond donors (Lipinski definition) is 1. The highest BCUT2D eigenvalue weighted by molar-refractivity contribution is 9.10. The molecule has 1 amide bonds. The number of benzene rings is 3. The van der Waals surface area contributed by atoms with Gasteiger partial charge >= 0.3 is 0 Å². The van der Waals surface area contributed by atoms with E-state index in [-0.39, 0.29) is 5.91 Å². The monoisotopic (exact) mass is 445 g/mol. The number of carbonyl (C=O) groups excluding carboxylic acids is 1. The van der Waals surface area contributed by atoms with E-state index in [4.69, 9.17) is 5.26 Å². The fourth-order valence-electron chi connectivity index (χ4n) is 3.62. The van der Waals surface area contributed by atoms with Crippen LogP contribution in [0.15, 0.2) is 71.2 Å². The molecule has 0 saturated carbocycles. The van der Waals surface area contributed by atoms with Gasteiger partial charge in [-0.25, -0.2) is 0 Å². The van der Waals surface area contributed by atoms with Gasteiger partial charge in [0.05, 0.1) is 11.6 Å². The molecule has 29 heavy (non-hydrogen) atoms. The predicted octanol–water partition coefficient (Wildman–Crippen LogP) is 5.13. The fourth-order valence-corrected chi connectivity index (χ4v) is 4.02. The van der Waals surface area contributed by atoms with Gasteiger partial charge in [-0.05, 0) is 71.6 Å². The molecule has 0 saturated heterocycles. The number of rotatable bonds is 4. The van der Waals surface area contributed by atoms with Crippen LogP contribution in [0.3, 0.4) is 0 Å². The molecule has 0 aromatic heterocycles. The summed E-state index contributed by atoms with van der Waals surface area (Å²) < 4.78 is 1.13. The van der Waals surface area contributed by atoms with Crippen molar-refractivity contribution in [3.63, 3.8) is 0 Å². The van der Waals surface area contributed by atoms with E-state index < -0.39 is 0 Å². The smallest absolute Gasteiger partial charge is 0.255 e. The summed E-state index contributed by atoms with van der Waals surface area (Å²) in [6, 6.07) is 23.2. The van der Waals surface area contributed by atoms with Crippen molar-refractivity contribution >= 4 is 27.5 Å². The van der Waals surface area contributed by atoms with Crippen LogP contribution < -0.4 is 5.32 Å². The number of fused-ring (bicyclic) bond motifs is 1. The lowest BCUT2D eigenvalue weighted by atomic mass is 9.99. The summed E-state index contributed by atoms with van der Waals surface area (Å²) in [5.74, 6) is -0.148. The molecule has 5 heteroatoms. The Morgan fingerprint density at radius 3 is 2.69 bits per heavy atom. The van der Waals surface area contributed by atoms with Gasteiger partial charge in [-0.2, -0.15) is 5.26 Å². The summed E-state index contributed by atoms with van der Waals surface area (Å²) in [6.45, 7) is 2.74. The maximum atomic E-state index is 12.6. The van der Waals surface area contributed by atoms with Crippen molar-refractivity contribution in [1.82, 2.24) is 4.90 Å². The second-order valence-electron chi connectivity index (χ2n) is 7.22. The average molecular weight is 446 g/mol. The normalized spacial score (nSPS) is 13.4. The largest absolute Gasteiger partial charge is 0.322 e. The van der Waals surface area contributed by atoms with E-state index in [1.165, 1.54) is 11.1 Å². The molecule has 144 valence electrons. The SMILES string of the molecule is N#Cc1ccc(NC(=O)c2cccc(CN3CCc4cc(Br)ccc4C3)c2)cc1. The first-order chi connectivity index (χ1) is 14.1. The van der Waals surface area contributed by atoms with Gasteiger partial charge in [0.2, 0.25) is 0 Å². The highest BCUT2D eigenvalue weighted by Crippen LogP contribution is 2.24. The number of nitrogens with one attached hydrogen (secondary N) is 1. The number of nitriles is 1. The van der Waals surface area contributed by atoms with Gasteiger partial charge < -0.3 is 5.32 Å². The topological polar surface area (TPSA) is 56.1 Å². The fraction of sp³-hybridized carbons (Fsp3) is 0.167. The van der Waals surface area contributed by atoms with Crippen LogP contribution in [-0.4, -0.2) is 17.4 Å². The average Bonchev–Trinajstić information content (AvgIpc) is 2.74. The van der Waals surface area contributed by atoms with Gasteiger partial charge in [0.25, 0.3) is 5.91 Å². The standard InChI is InChI=1S/C24H20BrN3O/c25-22-7-6-21-16-28(11-10-19(21)13-22)15-18-2-1-3-20(12-18)24(29)27-23-8-4-17(14-26)5-9-23/h1-9,12-13H,10-11,15-16H2,(H,27,29). The van der Waals surface area contributed by atoms with Crippen molar-refractivity contribution in [3.8, 4) is 6.07 Å². The summed E-state index contributed by atoms with van der Waals surface area (Å²) in [5, 5.41) is 11.8. The number of amides is 1. The van der Waals surface area contributed by atoms with Gasteiger partial charge in [-0.15, -0.1) is 0 Å². The van der Waals surface area contributed by atoms with E-state index in [9.17, 15) is 4.79 Å². The van der Waals surface area contributed by atoms with Crippen LogP contribution in [0.5, 0.6) is 0 Å². The number of carbonyl (C=O) groups is 1. The zero-order chi connectivity index (χ0) is 20.2. The molecule has 0 fully saturated rings. The van der Waals surface area contributed by atoms with Crippen molar-refractivity contribution in [1.29, 1.82) is 5.26 Å². The van der Waals surface area contributed by atoms with Gasteiger partial charge in [0.15, 0.2) is 0 Å². The zero-order valence-electron chi connectivity index (χ0n) is 15.9. The summed E-state index contributed by atoms with van der Waals surface area (Å²) >= 11 is 3.55. The van der Waals surface area contributed by atoms with Crippen LogP contribution in [0.25, 0.3) is 0 Å². The Hall–Kier alpha value is -2.94. The molecule has 1 aliphatic heterocycles. The number of halogens is 1. The second kappa shape index (κ2) is 8.60. The molecule has 0 spiro atoms. The Morgan fingerprint density at radius 2 is 1.90 bits per heavy atom. The minimum atomic E-state index is -0.148. The molecule has 3 aromatic rings. The molecular formula is C24H20BrN3O. The maximum Gasteiger partial charge on any atom is 0.255 e. The van der Waals surface area contributed by atoms with Crippen molar-refractivity contribution < 1.29 is 4.79 Å². The Bertz CT molecular complexity index is 1090. The quantitative estimate of drug-likeness (QED) is 0.605. The summed E-state index contributed by atoms with van der Waals surface area (Å²) in [5.41, 5.74) is 5.78. The van der Waals surface area contributed by atoms with Gasteiger partial charge in [0.1, 0.15) is 0 Å². The zero-order valence-corrected chi connectivity index (χ0v) is 17.4. The lowest BCUT2D eigenvalue weighted by Crippen LogP contribution is -2.30. The van der Waals surface area contributed by atoms with E-state index in [1.54, 1.807) is 24.3 Å². The molecule has 4 rings (SSSR count). The van der Waals surface area contributed by atoms with Crippen LogP contribution in [0.1, 0.15) is 32.6 Å². The highest BCUT2D eigenvalue weighted by atomic mass is 79.9. The molecule has 0 aliphatic carbocycles. The molecule has 3 aromatic carbocycles. The van der Waals surface area contributed by atoms with Crippen LogP contribution in [0.2, 0.25) is 0 Å². The maximum absolute atomic E-state index is 12.6. The Morgan fingerprint density at radius 1 is 1.07 bits per heavy atom. The van der Waals surface area contributed by atoms with E-state index in [0.29, 0.717) is 16.8 Å². The van der Waals surface area contributed by atoms with Gasteiger partial charge in [0, 0.05) is 35.4 Å². The third kappa shape index (κ3) is 4.73. The van der Waals surface area contributed by atoms with Crippen LogP contribution >= 0.6 is 15.9 Å². The Kier molecular flexibility index (Phi) is 5.75. The van der Waals surface area contributed by atoms with Crippen molar-refractivity contribution in [2.75, 3.05) is 11.9 Å². The Labute approximate surface area is 178 Å². The molecule has 0 radical (unpaired) electrons. The van der Waals surface area contributed by atoms with Gasteiger partial charge in [-0.3, -0.25) is 9.69 Å². The lowest BCUT2D eigenvalue weighted by Gasteiger charge is -2.29. The first-order valence-corrected chi connectivity index (χ1v) is 10.3. The van der Waals surface area contributed by atoms with E-state index in [2.05, 4.69) is 56.5 Å². The van der Waals surface area contributed by atoms with Crippen molar-refractivity contribution in [2.24, 2.45) is 0 Å².